The second-order valence-corrected chi connectivity index (χ2v) is 3.76. The highest BCUT2D eigenvalue weighted by atomic mass is 32.1. The van der Waals surface area contributed by atoms with Crippen LogP contribution in [0.3, 0.4) is 0 Å². The highest BCUT2D eigenvalue weighted by molar-refractivity contribution is 7.80. The summed E-state index contributed by atoms with van der Waals surface area (Å²) in [6.45, 7) is 5.50. The summed E-state index contributed by atoms with van der Waals surface area (Å²) in [5.74, 6) is 0. The molecule has 1 rings (SSSR count). The first-order valence-electron chi connectivity index (χ1n) is 5.39. The summed E-state index contributed by atoms with van der Waals surface area (Å²) in [6.07, 6.45) is 0. The van der Waals surface area contributed by atoms with Crippen molar-refractivity contribution in [3.05, 3.63) is 34.4 Å². The van der Waals surface area contributed by atoms with Gasteiger partial charge in [-0.3, -0.25) is 10.1 Å². The van der Waals surface area contributed by atoms with Gasteiger partial charge in [-0.2, -0.15) is 0 Å². The first kappa shape index (κ1) is 13.4. The van der Waals surface area contributed by atoms with Crippen LogP contribution in [0.2, 0.25) is 0 Å². The Morgan fingerprint density at radius 1 is 1.41 bits per heavy atom. The minimum Gasteiger partial charge on any atom is -0.350 e. The van der Waals surface area contributed by atoms with Gasteiger partial charge in [-0.1, -0.05) is 12.1 Å². The smallest absolute Gasteiger partial charge is 0.292 e. The second-order valence-electron chi connectivity index (χ2n) is 3.38. The summed E-state index contributed by atoms with van der Waals surface area (Å²) in [7, 11) is 0. The summed E-state index contributed by atoms with van der Waals surface area (Å²) >= 11 is 5.19. The maximum absolute atomic E-state index is 10.8. The lowest BCUT2D eigenvalue weighted by molar-refractivity contribution is -0.383. The van der Waals surface area contributed by atoms with Crippen molar-refractivity contribution >= 4 is 28.7 Å². The number of para-hydroxylation sites is 2. The number of nitrogens with one attached hydrogen (secondary N) is 1. The van der Waals surface area contributed by atoms with E-state index < -0.39 is 4.92 Å². The van der Waals surface area contributed by atoms with Crippen molar-refractivity contribution in [1.29, 1.82) is 0 Å². The number of hydrogen-bond acceptors (Lipinski definition) is 3. The van der Waals surface area contributed by atoms with E-state index in [0.29, 0.717) is 10.8 Å². The SMILES string of the molecule is CCN(CC)C(=S)Nc1ccccc1[N+](=O)[O-]. The van der Waals surface area contributed by atoms with E-state index in [9.17, 15) is 10.1 Å². The zero-order valence-electron chi connectivity index (χ0n) is 9.84. The zero-order valence-corrected chi connectivity index (χ0v) is 10.7. The Morgan fingerprint density at radius 3 is 2.53 bits per heavy atom. The van der Waals surface area contributed by atoms with Gasteiger partial charge in [0.25, 0.3) is 5.69 Å². The Balaban J connectivity index is 2.88. The van der Waals surface area contributed by atoms with E-state index in [1.165, 1.54) is 6.07 Å². The molecule has 0 bridgehead atoms. The van der Waals surface area contributed by atoms with E-state index in [2.05, 4.69) is 5.32 Å². The number of hydrogen-bond donors (Lipinski definition) is 1. The average Bonchev–Trinajstić information content (AvgIpc) is 2.31. The van der Waals surface area contributed by atoms with E-state index in [4.69, 9.17) is 12.2 Å². The maximum atomic E-state index is 10.8. The predicted octanol–water partition coefficient (Wildman–Crippen LogP) is 2.63. The summed E-state index contributed by atoms with van der Waals surface area (Å²) in [6, 6.07) is 6.46. The number of nitro groups is 1. The molecule has 5 nitrogen and oxygen atoms in total. The third-order valence-corrected chi connectivity index (χ3v) is 2.75. The van der Waals surface area contributed by atoms with E-state index in [0.717, 1.165) is 13.1 Å². The Bertz CT molecular complexity index is 419. The van der Waals surface area contributed by atoms with Crippen LogP contribution in [0, 0.1) is 10.1 Å². The van der Waals surface area contributed by atoms with Gasteiger partial charge in [-0.05, 0) is 32.1 Å². The van der Waals surface area contributed by atoms with Crippen LogP contribution >= 0.6 is 12.2 Å². The van der Waals surface area contributed by atoms with Crippen LogP contribution in [-0.4, -0.2) is 28.0 Å². The van der Waals surface area contributed by atoms with E-state index >= 15 is 0 Å². The Hall–Kier alpha value is -1.69. The topological polar surface area (TPSA) is 58.4 Å². The minimum absolute atomic E-state index is 0.0296. The van der Waals surface area contributed by atoms with Crippen molar-refractivity contribution in [2.24, 2.45) is 0 Å². The maximum Gasteiger partial charge on any atom is 0.292 e. The molecular weight excluding hydrogens is 238 g/mol. The lowest BCUT2D eigenvalue weighted by atomic mass is 10.3. The number of rotatable bonds is 4. The third kappa shape index (κ3) is 3.39. The van der Waals surface area contributed by atoms with E-state index in [-0.39, 0.29) is 5.69 Å². The van der Waals surface area contributed by atoms with Crippen LogP contribution in [-0.2, 0) is 0 Å². The van der Waals surface area contributed by atoms with Crippen LogP contribution in [0.4, 0.5) is 11.4 Å². The largest absolute Gasteiger partial charge is 0.350 e. The third-order valence-electron chi connectivity index (χ3n) is 2.39. The molecule has 0 spiro atoms. The molecule has 0 fully saturated rings. The molecule has 1 N–H and O–H groups in total. The lowest BCUT2D eigenvalue weighted by Gasteiger charge is -2.22. The standard InChI is InChI=1S/C11H15N3O2S/c1-3-13(4-2)11(17)12-9-7-5-6-8-10(9)14(15)16/h5-8H,3-4H2,1-2H3,(H,12,17). The first-order chi connectivity index (χ1) is 8.10. The van der Waals surface area contributed by atoms with Gasteiger partial charge in [0.2, 0.25) is 0 Å². The molecule has 0 amide bonds. The molecule has 6 heteroatoms. The number of nitrogens with zero attached hydrogens (tertiary/aromatic N) is 2. The number of nitro benzene ring substituents is 1. The fraction of sp³-hybridized carbons (Fsp3) is 0.364. The van der Waals surface area contributed by atoms with Crippen LogP contribution in [0.5, 0.6) is 0 Å². The monoisotopic (exact) mass is 253 g/mol. The highest BCUT2D eigenvalue weighted by Crippen LogP contribution is 2.23. The molecule has 0 atom stereocenters. The summed E-state index contributed by atoms with van der Waals surface area (Å²) in [5, 5.41) is 14.2. The van der Waals surface area contributed by atoms with Gasteiger partial charge in [0, 0.05) is 19.2 Å². The van der Waals surface area contributed by atoms with Gasteiger partial charge in [0.05, 0.1) is 4.92 Å². The molecule has 0 unspecified atom stereocenters. The Morgan fingerprint density at radius 2 is 2.00 bits per heavy atom. The summed E-state index contributed by atoms with van der Waals surface area (Å²) in [5.41, 5.74) is 0.455. The van der Waals surface area contributed by atoms with Crippen LogP contribution < -0.4 is 5.32 Å². The molecule has 1 aromatic rings. The lowest BCUT2D eigenvalue weighted by Crippen LogP contribution is -2.34. The zero-order chi connectivity index (χ0) is 12.8. The number of anilines is 1. The minimum atomic E-state index is -0.423. The average molecular weight is 253 g/mol. The first-order valence-corrected chi connectivity index (χ1v) is 5.80. The van der Waals surface area contributed by atoms with Gasteiger partial charge >= 0.3 is 0 Å². The van der Waals surface area contributed by atoms with E-state index in [1.807, 2.05) is 18.7 Å². The van der Waals surface area contributed by atoms with Crippen LogP contribution in [0.1, 0.15) is 13.8 Å². The molecule has 0 aromatic heterocycles. The Labute approximate surface area is 106 Å². The molecule has 0 aliphatic carbocycles. The molecule has 0 aliphatic heterocycles. The van der Waals surface area contributed by atoms with Gasteiger partial charge in [0.15, 0.2) is 5.11 Å². The molecule has 0 aliphatic rings. The summed E-state index contributed by atoms with van der Waals surface area (Å²) in [4.78, 5) is 12.3. The molecule has 92 valence electrons. The molecule has 1 aromatic carbocycles. The van der Waals surface area contributed by atoms with Gasteiger partial charge < -0.3 is 10.2 Å². The molecule has 17 heavy (non-hydrogen) atoms. The van der Waals surface area contributed by atoms with Crippen molar-refractivity contribution in [2.45, 2.75) is 13.8 Å². The van der Waals surface area contributed by atoms with Crippen molar-refractivity contribution in [2.75, 3.05) is 18.4 Å². The van der Waals surface area contributed by atoms with Crippen molar-refractivity contribution in [3.8, 4) is 0 Å². The van der Waals surface area contributed by atoms with Crippen LogP contribution in [0.15, 0.2) is 24.3 Å². The van der Waals surface area contributed by atoms with Gasteiger partial charge in [-0.25, -0.2) is 0 Å². The molecule has 0 saturated carbocycles. The number of thiocarbonyl (C=S) groups is 1. The van der Waals surface area contributed by atoms with Crippen molar-refractivity contribution < 1.29 is 4.92 Å². The fourth-order valence-electron chi connectivity index (χ4n) is 1.44. The number of benzene rings is 1. The molecule has 0 saturated heterocycles. The fourth-order valence-corrected chi connectivity index (χ4v) is 1.81. The Kier molecular flexibility index (Phi) is 4.84. The predicted molar refractivity (Wildman–Crippen MR) is 72.2 cm³/mol. The van der Waals surface area contributed by atoms with E-state index in [1.54, 1.807) is 18.2 Å². The quantitative estimate of drug-likeness (QED) is 0.508. The van der Waals surface area contributed by atoms with Gasteiger partial charge in [0.1, 0.15) is 5.69 Å². The van der Waals surface area contributed by atoms with Gasteiger partial charge in [-0.15, -0.1) is 0 Å². The van der Waals surface area contributed by atoms with Crippen LogP contribution in [0.25, 0.3) is 0 Å². The normalized spacial score (nSPS) is 9.76. The van der Waals surface area contributed by atoms with Crippen molar-refractivity contribution in [3.63, 3.8) is 0 Å². The summed E-state index contributed by atoms with van der Waals surface area (Å²) < 4.78 is 0. The molecule has 0 heterocycles. The molecular formula is C11H15N3O2S. The second kappa shape index (κ2) is 6.15. The molecule has 0 radical (unpaired) electrons. The highest BCUT2D eigenvalue weighted by Gasteiger charge is 2.14. The van der Waals surface area contributed by atoms with Crippen molar-refractivity contribution in [1.82, 2.24) is 4.90 Å².